The van der Waals surface area contributed by atoms with Crippen molar-refractivity contribution in [3.8, 4) is 0 Å². The lowest BCUT2D eigenvalue weighted by atomic mass is 9.75. The summed E-state index contributed by atoms with van der Waals surface area (Å²) >= 11 is 0. The minimum atomic E-state index is -4.29. The van der Waals surface area contributed by atoms with E-state index in [-0.39, 0.29) is 5.92 Å². The van der Waals surface area contributed by atoms with Crippen LogP contribution < -0.4 is 0 Å². The number of rotatable bonds is 4. The molecule has 3 nitrogen and oxygen atoms in total. The topological polar surface area (TPSA) is 23.6 Å². The monoisotopic (exact) mass is 408 g/mol. The van der Waals surface area contributed by atoms with Gasteiger partial charge >= 0.3 is 6.18 Å². The van der Waals surface area contributed by atoms with Crippen LogP contribution in [0.5, 0.6) is 0 Å². The highest BCUT2D eigenvalue weighted by Crippen LogP contribution is 2.47. The highest BCUT2D eigenvalue weighted by molar-refractivity contribution is 5.81. The van der Waals surface area contributed by atoms with E-state index < -0.39 is 11.7 Å². The maximum Gasteiger partial charge on any atom is 0.416 e. The van der Waals surface area contributed by atoms with E-state index >= 15 is 0 Å². The second-order valence-electron chi connectivity index (χ2n) is 9.53. The van der Waals surface area contributed by atoms with Crippen LogP contribution in [0.15, 0.2) is 24.3 Å². The Morgan fingerprint density at radius 3 is 2.24 bits per heavy atom. The Balaban J connectivity index is 1.52. The molecule has 0 saturated carbocycles. The van der Waals surface area contributed by atoms with Gasteiger partial charge in [-0.3, -0.25) is 9.69 Å². The van der Waals surface area contributed by atoms with Gasteiger partial charge in [0, 0.05) is 37.6 Å². The van der Waals surface area contributed by atoms with Gasteiger partial charge in [-0.15, -0.1) is 0 Å². The summed E-state index contributed by atoms with van der Waals surface area (Å²) < 4.78 is 38.5. The molecule has 5 atom stereocenters. The average molecular weight is 409 g/mol. The van der Waals surface area contributed by atoms with E-state index in [9.17, 15) is 18.0 Å². The fraction of sp³-hybridized carbons (Fsp3) is 0.696. The Morgan fingerprint density at radius 1 is 1.07 bits per heavy atom. The lowest BCUT2D eigenvalue weighted by molar-refractivity contribution is -0.149. The normalized spacial score (nSPS) is 32.7. The van der Waals surface area contributed by atoms with Crippen LogP contribution >= 0.6 is 0 Å². The molecule has 3 aliphatic heterocycles. The molecule has 4 rings (SSSR count). The van der Waals surface area contributed by atoms with Gasteiger partial charge in [0.1, 0.15) is 0 Å². The maximum absolute atomic E-state index is 13.1. The van der Waals surface area contributed by atoms with E-state index in [2.05, 4.69) is 30.6 Å². The molecule has 0 N–H and O–H groups in total. The fourth-order valence-electron chi connectivity index (χ4n) is 5.97. The minimum Gasteiger partial charge on any atom is -0.336 e. The molecule has 3 heterocycles. The van der Waals surface area contributed by atoms with Crippen LogP contribution in [0.3, 0.4) is 0 Å². The van der Waals surface area contributed by atoms with Gasteiger partial charge in [0.25, 0.3) is 0 Å². The van der Waals surface area contributed by atoms with E-state index in [1.165, 1.54) is 12.1 Å². The highest BCUT2D eigenvalue weighted by atomic mass is 19.4. The molecule has 0 radical (unpaired) electrons. The van der Waals surface area contributed by atoms with Gasteiger partial charge in [0.15, 0.2) is 0 Å². The first-order chi connectivity index (χ1) is 13.7. The Labute approximate surface area is 171 Å². The number of amides is 1. The lowest BCUT2D eigenvalue weighted by Gasteiger charge is -2.49. The maximum atomic E-state index is 13.1. The van der Waals surface area contributed by atoms with E-state index in [4.69, 9.17) is 0 Å². The molecule has 1 aromatic rings. The number of hydrogen-bond donors (Lipinski definition) is 0. The third-order valence-electron chi connectivity index (χ3n) is 7.31. The highest BCUT2D eigenvalue weighted by Gasteiger charge is 2.54. The zero-order valence-corrected chi connectivity index (χ0v) is 17.5. The molecule has 160 valence electrons. The Morgan fingerprint density at radius 2 is 1.69 bits per heavy atom. The van der Waals surface area contributed by atoms with Crippen molar-refractivity contribution in [3.63, 3.8) is 0 Å². The van der Waals surface area contributed by atoms with Crippen molar-refractivity contribution >= 4 is 5.91 Å². The van der Waals surface area contributed by atoms with Gasteiger partial charge in [0.2, 0.25) is 5.91 Å². The molecule has 3 fully saturated rings. The molecule has 3 aliphatic rings. The number of benzene rings is 1. The molecule has 0 aromatic heterocycles. The Hall–Kier alpha value is -1.56. The van der Waals surface area contributed by atoms with E-state index in [1.807, 2.05) is 0 Å². The summed E-state index contributed by atoms with van der Waals surface area (Å²) in [5, 5.41) is 0. The summed E-state index contributed by atoms with van der Waals surface area (Å²) in [5.74, 6) is 1.85. The molecule has 3 saturated heterocycles. The molecule has 1 aromatic carbocycles. The zero-order valence-electron chi connectivity index (χ0n) is 17.5. The Kier molecular flexibility index (Phi) is 5.43. The molecular formula is C23H31F3N2O. The number of nitrogens with zero attached hydrogens (tertiary/aromatic N) is 2. The van der Waals surface area contributed by atoms with Crippen molar-refractivity contribution in [2.24, 2.45) is 23.7 Å². The summed E-state index contributed by atoms with van der Waals surface area (Å²) in [5.41, 5.74) is 0.327. The molecule has 29 heavy (non-hydrogen) atoms. The molecular weight excluding hydrogens is 377 g/mol. The van der Waals surface area contributed by atoms with Crippen molar-refractivity contribution < 1.29 is 18.0 Å². The summed E-state index contributed by atoms with van der Waals surface area (Å²) in [6.45, 7) is 9.04. The smallest absolute Gasteiger partial charge is 0.336 e. The second-order valence-corrected chi connectivity index (χ2v) is 9.53. The van der Waals surface area contributed by atoms with Crippen LogP contribution in [-0.2, 0) is 17.5 Å². The average Bonchev–Trinajstić information content (AvgIpc) is 3.05. The third-order valence-corrected chi connectivity index (χ3v) is 7.31. The first-order valence-electron chi connectivity index (χ1n) is 10.9. The van der Waals surface area contributed by atoms with Crippen molar-refractivity contribution in [3.05, 3.63) is 35.4 Å². The van der Waals surface area contributed by atoms with E-state index in [1.54, 1.807) is 12.1 Å². The Bertz CT molecular complexity index is 745. The quantitative estimate of drug-likeness (QED) is 0.714. The summed E-state index contributed by atoms with van der Waals surface area (Å²) in [6.07, 6.45) is -1.42. The molecule has 6 heteroatoms. The van der Waals surface area contributed by atoms with Crippen LogP contribution in [0, 0.1) is 23.7 Å². The number of carbonyl (C=O) groups excluding carboxylic acids is 1. The number of piperidine rings is 2. The van der Waals surface area contributed by atoms with Crippen LogP contribution in [0.1, 0.15) is 51.2 Å². The molecule has 1 amide bonds. The van der Waals surface area contributed by atoms with Gasteiger partial charge in [0.05, 0.1) is 5.56 Å². The second kappa shape index (κ2) is 7.60. The summed E-state index contributed by atoms with van der Waals surface area (Å²) in [4.78, 5) is 17.7. The number of halogens is 3. The van der Waals surface area contributed by atoms with Crippen LogP contribution in [-0.4, -0.2) is 40.9 Å². The molecule has 2 unspecified atom stereocenters. The first-order valence-corrected chi connectivity index (χ1v) is 10.9. The number of alkyl halides is 3. The molecule has 0 aliphatic carbocycles. The lowest BCUT2D eigenvalue weighted by Crippen LogP contribution is -2.59. The molecule has 0 bridgehead atoms. The van der Waals surface area contributed by atoms with E-state index in [0.29, 0.717) is 42.3 Å². The van der Waals surface area contributed by atoms with Crippen molar-refractivity contribution in [2.45, 2.75) is 64.8 Å². The SMILES string of the molecule is CC[C@H]1C[C@@H]2CN(Cc3ccc(C(F)(F)F)cc3)CC3C[C@H](C(C)C)N(C1=O)C32. The standard InChI is InChI=1S/C23H31F3N2O/c1-4-16-9-17-12-27(11-15-5-7-19(8-6-15)23(24,25)26)13-18-10-20(14(2)3)28(21(17)18)22(16)29/h5-8,14,16-18,20-21H,4,9-13H2,1-3H3/t16-,17+,18?,20+,21?/m0/s1. The van der Waals surface area contributed by atoms with Gasteiger partial charge in [-0.1, -0.05) is 32.9 Å². The predicted octanol–water partition coefficient (Wildman–Crippen LogP) is 4.81. The van der Waals surface area contributed by atoms with Crippen molar-refractivity contribution in [1.82, 2.24) is 9.80 Å². The van der Waals surface area contributed by atoms with Gasteiger partial charge in [-0.2, -0.15) is 13.2 Å². The first kappa shape index (κ1) is 20.7. The van der Waals surface area contributed by atoms with Crippen LogP contribution in [0.25, 0.3) is 0 Å². The van der Waals surface area contributed by atoms with Crippen molar-refractivity contribution in [1.29, 1.82) is 0 Å². The summed E-state index contributed by atoms with van der Waals surface area (Å²) in [7, 11) is 0. The van der Waals surface area contributed by atoms with Crippen molar-refractivity contribution in [2.75, 3.05) is 13.1 Å². The largest absolute Gasteiger partial charge is 0.416 e. The van der Waals surface area contributed by atoms with Gasteiger partial charge in [-0.05, 0) is 54.7 Å². The minimum absolute atomic E-state index is 0.113. The van der Waals surface area contributed by atoms with Gasteiger partial charge in [-0.25, -0.2) is 0 Å². The predicted molar refractivity (Wildman–Crippen MR) is 106 cm³/mol. The van der Waals surface area contributed by atoms with E-state index in [0.717, 1.165) is 37.9 Å². The zero-order chi connectivity index (χ0) is 20.9. The third kappa shape index (κ3) is 3.80. The number of carbonyl (C=O) groups is 1. The van der Waals surface area contributed by atoms with Crippen LogP contribution in [0.2, 0.25) is 0 Å². The summed E-state index contributed by atoms with van der Waals surface area (Å²) in [6, 6.07) is 6.24. The number of likely N-dealkylation sites (tertiary alicyclic amines) is 1. The fourth-order valence-corrected chi connectivity index (χ4v) is 5.97. The molecule has 0 spiro atoms. The van der Waals surface area contributed by atoms with Crippen LogP contribution in [0.4, 0.5) is 13.2 Å². The number of hydrogen-bond acceptors (Lipinski definition) is 2. The van der Waals surface area contributed by atoms with Gasteiger partial charge < -0.3 is 4.90 Å².